The third-order valence-electron chi connectivity index (χ3n) is 2.17. The summed E-state index contributed by atoms with van der Waals surface area (Å²) in [6.07, 6.45) is 0.655. The van der Waals surface area contributed by atoms with Crippen molar-refractivity contribution in [1.82, 2.24) is 10.2 Å². The molecule has 0 spiro atoms. The zero-order valence-corrected chi connectivity index (χ0v) is 11.4. The van der Waals surface area contributed by atoms with Crippen molar-refractivity contribution in [1.29, 1.82) is 0 Å². The predicted molar refractivity (Wildman–Crippen MR) is 71.4 cm³/mol. The second-order valence-corrected chi connectivity index (χ2v) is 5.03. The van der Waals surface area contributed by atoms with Crippen LogP contribution in [0.1, 0.15) is 34.1 Å². The highest BCUT2D eigenvalue weighted by Crippen LogP contribution is 1.99. The SMILES string of the molecule is CC(C)NC(=O)CN(CCC(N)=S)C(C)C. The minimum absolute atomic E-state index is 0.0478. The first kappa shape index (κ1) is 15.3. The van der Waals surface area contributed by atoms with Crippen molar-refractivity contribution < 1.29 is 4.79 Å². The summed E-state index contributed by atoms with van der Waals surface area (Å²) >= 11 is 4.83. The Balaban J connectivity index is 4.12. The lowest BCUT2D eigenvalue weighted by molar-refractivity contribution is -0.123. The quantitative estimate of drug-likeness (QED) is 0.654. The van der Waals surface area contributed by atoms with Crippen molar-refractivity contribution in [2.45, 2.75) is 46.2 Å². The molecule has 0 saturated carbocycles. The normalized spacial score (nSPS) is 11.2. The van der Waals surface area contributed by atoms with Gasteiger partial charge in [0, 0.05) is 25.0 Å². The Morgan fingerprint density at radius 2 is 1.94 bits per heavy atom. The van der Waals surface area contributed by atoms with E-state index >= 15 is 0 Å². The summed E-state index contributed by atoms with van der Waals surface area (Å²) < 4.78 is 0. The molecular weight excluding hydrogens is 222 g/mol. The third-order valence-corrected chi connectivity index (χ3v) is 2.38. The zero-order valence-electron chi connectivity index (χ0n) is 10.6. The van der Waals surface area contributed by atoms with Crippen molar-refractivity contribution in [3.8, 4) is 0 Å². The summed E-state index contributed by atoms with van der Waals surface area (Å²) in [5.74, 6) is 0.0478. The molecule has 5 heteroatoms. The number of nitrogens with zero attached hydrogens (tertiary/aromatic N) is 1. The van der Waals surface area contributed by atoms with E-state index in [1.165, 1.54) is 0 Å². The molecular formula is C11H23N3OS. The summed E-state index contributed by atoms with van der Waals surface area (Å²) in [5.41, 5.74) is 5.46. The highest BCUT2D eigenvalue weighted by molar-refractivity contribution is 7.80. The Bertz CT molecular complexity index is 241. The molecule has 0 saturated heterocycles. The van der Waals surface area contributed by atoms with Gasteiger partial charge in [0.1, 0.15) is 0 Å². The molecule has 3 N–H and O–H groups in total. The molecule has 94 valence electrons. The van der Waals surface area contributed by atoms with Crippen LogP contribution in [0, 0.1) is 0 Å². The summed E-state index contributed by atoms with van der Waals surface area (Å²) in [6, 6.07) is 0.490. The fourth-order valence-electron chi connectivity index (χ4n) is 1.33. The van der Waals surface area contributed by atoms with Crippen LogP contribution in [0.2, 0.25) is 0 Å². The first-order chi connectivity index (χ1) is 7.32. The number of rotatable bonds is 7. The van der Waals surface area contributed by atoms with E-state index in [9.17, 15) is 4.79 Å². The fourth-order valence-corrected chi connectivity index (χ4v) is 1.42. The van der Waals surface area contributed by atoms with Crippen molar-refractivity contribution in [2.75, 3.05) is 13.1 Å². The fraction of sp³-hybridized carbons (Fsp3) is 0.818. The molecule has 0 aromatic heterocycles. The smallest absolute Gasteiger partial charge is 0.234 e. The Hall–Kier alpha value is -0.680. The lowest BCUT2D eigenvalue weighted by atomic mass is 10.2. The Kier molecular flexibility index (Phi) is 7.25. The van der Waals surface area contributed by atoms with Crippen molar-refractivity contribution in [3.63, 3.8) is 0 Å². The average molecular weight is 245 g/mol. The van der Waals surface area contributed by atoms with E-state index in [1.54, 1.807) is 0 Å². The molecule has 16 heavy (non-hydrogen) atoms. The molecule has 0 aromatic rings. The van der Waals surface area contributed by atoms with Gasteiger partial charge >= 0.3 is 0 Å². The van der Waals surface area contributed by atoms with Crippen LogP contribution < -0.4 is 11.1 Å². The van der Waals surface area contributed by atoms with E-state index in [-0.39, 0.29) is 11.9 Å². The molecule has 0 aliphatic heterocycles. The van der Waals surface area contributed by atoms with E-state index in [2.05, 4.69) is 24.1 Å². The largest absolute Gasteiger partial charge is 0.393 e. The van der Waals surface area contributed by atoms with Gasteiger partial charge in [-0.25, -0.2) is 0 Å². The van der Waals surface area contributed by atoms with Crippen LogP contribution in [-0.2, 0) is 4.79 Å². The van der Waals surface area contributed by atoms with Crippen molar-refractivity contribution in [3.05, 3.63) is 0 Å². The Morgan fingerprint density at radius 1 is 1.38 bits per heavy atom. The number of nitrogens with two attached hydrogens (primary N) is 1. The van der Waals surface area contributed by atoms with Crippen LogP contribution in [0.15, 0.2) is 0 Å². The zero-order chi connectivity index (χ0) is 12.7. The van der Waals surface area contributed by atoms with E-state index in [0.717, 1.165) is 6.54 Å². The third kappa shape index (κ3) is 7.59. The van der Waals surface area contributed by atoms with Gasteiger partial charge in [0.15, 0.2) is 0 Å². The molecule has 0 radical (unpaired) electrons. The topological polar surface area (TPSA) is 58.4 Å². The molecule has 1 amide bonds. The maximum Gasteiger partial charge on any atom is 0.234 e. The number of carbonyl (C=O) groups excluding carboxylic acids is 1. The Morgan fingerprint density at radius 3 is 2.31 bits per heavy atom. The first-order valence-electron chi connectivity index (χ1n) is 5.64. The molecule has 0 unspecified atom stereocenters. The molecule has 0 atom stereocenters. The monoisotopic (exact) mass is 245 g/mol. The molecule has 0 fully saturated rings. The number of hydrogen-bond acceptors (Lipinski definition) is 3. The van der Waals surface area contributed by atoms with Crippen molar-refractivity contribution in [2.24, 2.45) is 5.73 Å². The van der Waals surface area contributed by atoms with Crippen LogP contribution in [0.5, 0.6) is 0 Å². The molecule has 0 aliphatic carbocycles. The molecule has 0 aromatic carbocycles. The van der Waals surface area contributed by atoms with Crippen LogP contribution >= 0.6 is 12.2 Å². The molecule has 0 heterocycles. The van der Waals surface area contributed by atoms with Gasteiger partial charge in [-0.15, -0.1) is 0 Å². The standard InChI is InChI=1S/C11H23N3OS/c1-8(2)13-11(15)7-14(9(3)4)6-5-10(12)16/h8-9H,5-7H2,1-4H3,(H2,12,16)(H,13,15). The van der Waals surface area contributed by atoms with Crippen LogP contribution in [0.3, 0.4) is 0 Å². The van der Waals surface area contributed by atoms with Gasteiger partial charge in [0.25, 0.3) is 0 Å². The highest BCUT2D eigenvalue weighted by atomic mass is 32.1. The minimum atomic E-state index is 0.0478. The summed E-state index contributed by atoms with van der Waals surface area (Å²) in [6.45, 7) is 9.15. The van der Waals surface area contributed by atoms with Crippen LogP contribution in [0.25, 0.3) is 0 Å². The van der Waals surface area contributed by atoms with Crippen LogP contribution in [0.4, 0.5) is 0 Å². The second kappa shape index (κ2) is 7.57. The van der Waals surface area contributed by atoms with Gasteiger partial charge in [-0.3, -0.25) is 9.69 Å². The first-order valence-corrected chi connectivity index (χ1v) is 6.05. The number of hydrogen-bond donors (Lipinski definition) is 2. The van der Waals surface area contributed by atoms with E-state index in [0.29, 0.717) is 24.0 Å². The van der Waals surface area contributed by atoms with Gasteiger partial charge in [0.05, 0.1) is 11.5 Å². The molecule has 0 aliphatic rings. The van der Waals surface area contributed by atoms with E-state index < -0.39 is 0 Å². The van der Waals surface area contributed by atoms with Gasteiger partial charge in [-0.2, -0.15) is 0 Å². The summed E-state index contributed by atoms with van der Waals surface area (Å²) in [7, 11) is 0. The number of amides is 1. The maximum atomic E-state index is 11.6. The number of carbonyl (C=O) groups is 1. The summed E-state index contributed by atoms with van der Waals surface area (Å²) in [4.78, 5) is 14.2. The molecule has 0 rings (SSSR count). The number of nitrogens with one attached hydrogen (secondary N) is 1. The molecule has 4 nitrogen and oxygen atoms in total. The van der Waals surface area contributed by atoms with Gasteiger partial charge in [-0.05, 0) is 27.7 Å². The van der Waals surface area contributed by atoms with E-state index in [1.807, 2.05) is 13.8 Å². The highest BCUT2D eigenvalue weighted by Gasteiger charge is 2.14. The number of thiocarbonyl (C=S) groups is 1. The van der Waals surface area contributed by atoms with Gasteiger partial charge < -0.3 is 11.1 Å². The maximum absolute atomic E-state index is 11.6. The average Bonchev–Trinajstić information content (AvgIpc) is 2.09. The van der Waals surface area contributed by atoms with Gasteiger partial charge in [-0.1, -0.05) is 12.2 Å². The second-order valence-electron chi connectivity index (χ2n) is 4.50. The minimum Gasteiger partial charge on any atom is -0.393 e. The Labute approximate surface area is 104 Å². The van der Waals surface area contributed by atoms with Crippen LogP contribution in [-0.4, -0.2) is 41.0 Å². The summed E-state index contributed by atoms with van der Waals surface area (Å²) in [5, 5.41) is 2.87. The van der Waals surface area contributed by atoms with Gasteiger partial charge in [0.2, 0.25) is 5.91 Å². The molecule has 0 bridgehead atoms. The van der Waals surface area contributed by atoms with Crippen molar-refractivity contribution >= 4 is 23.1 Å². The van der Waals surface area contributed by atoms with E-state index in [4.69, 9.17) is 18.0 Å². The predicted octanol–water partition coefficient (Wildman–Crippen LogP) is 0.898. The lowest BCUT2D eigenvalue weighted by Gasteiger charge is -2.26. The lowest BCUT2D eigenvalue weighted by Crippen LogP contribution is -2.43.